The molecule has 150 valence electrons. The third kappa shape index (κ3) is 4.90. The molecule has 1 aromatic heterocycles. The molecule has 2 aromatic carbocycles. The SMILES string of the molecule is COC(=O)[C@@H](Cc1ccc2ccccc2n1)NC(=O)c1ccc(C(F)(F)F)cc1. The Morgan fingerprint density at radius 3 is 2.38 bits per heavy atom. The van der Waals surface area contributed by atoms with Crippen LogP contribution in [-0.2, 0) is 22.1 Å². The molecule has 3 aromatic rings. The maximum Gasteiger partial charge on any atom is 0.416 e. The highest BCUT2D eigenvalue weighted by molar-refractivity contribution is 5.96. The molecule has 0 saturated heterocycles. The van der Waals surface area contributed by atoms with Crippen LogP contribution in [-0.4, -0.2) is 30.0 Å². The number of ether oxygens (including phenoxy) is 1. The maximum atomic E-state index is 12.7. The lowest BCUT2D eigenvalue weighted by Gasteiger charge is -2.17. The summed E-state index contributed by atoms with van der Waals surface area (Å²) >= 11 is 0. The minimum atomic E-state index is -4.49. The number of hydrogen-bond donors (Lipinski definition) is 1. The summed E-state index contributed by atoms with van der Waals surface area (Å²) in [5.74, 6) is -1.37. The summed E-state index contributed by atoms with van der Waals surface area (Å²) in [5.41, 5.74) is 0.437. The van der Waals surface area contributed by atoms with Crippen molar-refractivity contribution in [3.63, 3.8) is 0 Å². The molecule has 0 fully saturated rings. The highest BCUT2D eigenvalue weighted by atomic mass is 19.4. The highest BCUT2D eigenvalue weighted by Crippen LogP contribution is 2.29. The Bertz CT molecular complexity index is 1030. The molecule has 3 rings (SSSR count). The molecule has 5 nitrogen and oxygen atoms in total. The Hall–Kier alpha value is -3.42. The second kappa shape index (κ2) is 8.30. The molecule has 0 aliphatic rings. The van der Waals surface area contributed by atoms with Gasteiger partial charge in [0, 0.05) is 23.1 Å². The number of amides is 1. The first-order valence-electron chi connectivity index (χ1n) is 8.68. The first kappa shape index (κ1) is 20.3. The Kier molecular flexibility index (Phi) is 5.81. The molecule has 0 aliphatic carbocycles. The zero-order valence-electron chi connectivity index (χ0n) is 15.4. The van der Waals surface area contributed by atoms with Gasteiger partial charge < -0.3 is 10.1 Å². The zero-order chi connectivity index (χ0) is 21.0. The van der Waals surface area contributed by atoms with Gasteiger partial charge in [0.2, 0.25) is 0 Å². The molecular formula is C21H17F3N2O3. The summed E-state index contributed by atoms with van der Waals surface area (Å²) in [5, 5.41) is 3.43. The van der Waals surface area contributed by atoms with E-state index in [4.69, 9.17) is 4.74 Å². The van der Waals surface area contributed by atoms with Gasteiger partial charge in [0.25, 0.3) is 5.91 Å². The van der Waals surface area contributed by atoms with E-state index in [0.29, 0.717) is 5.69 Å². The van der Waals surface area contributed by atoms with E-state index in [1.165, 1.54) is 7.11 Å². The van der Waals surface area contributed by atoms with Crippen LogP contribution in [0.1, 0.15) is 21.6 Å². The number of benzene rings is 2. The van der Waals surface area contributed by atoms with Gasteiger partial charge in [0.1, 0.15) is 6.04 Å². The molecule has 1 atom stereocenters. The van der Waals surface area contributed by atoms with Gasteiger partial charge in [-0.1, -0.05) is 24.3 Å². The molecule has 29 heavy (non-hydrogen) atoms. The average molecular weight is 402 g/mol. The molecule has 1 N–H and O–H groups in total. The van der Waals surface area contributed by atoms with Gasteiger partial charge in [0.05, 0.1) is 18.2 Å². The number of alkyl halides is 3. The van der Waals surface area contributed by atoms with Crippen LogP contribution in [0.5, 0.6) is 0 Å². The topological polar surface area (TPSA) is 68.3 Å². The predicted octanol–water partition coefficient (Wildman–Crippen LogP) is 3.77. The second-order valence-corrected chi connectivity index (χ2v) is 6.32. The van der Waals surface area contributed by atoms with Crippen molar-refractivity contribution in [2.45, 2.75) is 18.6 Å². The van der Waals surface area contributed by atoms with E-state index in [1.807, 2.05) is 30.3 Å². The number of hydrogen-bond acceptors (Lipinski definition) is 4. The summed E-state index contributed by atoms with van der Waals surface area (Å²) in [6.45, 7) is 0. The normalized spacial score (nSPS) is 12.4. The number of pyridine rings is 1. The molecule has 0 aliphatic heterocycles. The summed E-state index contributed by atoms with van der Waals surface area (Å²) < 4.78 is 42.7. The van der Waals surface area contributed by atoms with Crippen LogP contribution >= 0.6 is 0 Å². The standard InChI is InChI=1S/C21H17F3N2O3/c1-29-20(28)18(12-16-11-8-13-4-2-3-5-17(13)25-16)26-19(27)14-6-9-15(10-7-14)21(22,23)24/h2-11,18H,12H2,1H3,(H,26,27)/t18-/m1/s1. The minimum absolute atomic E-state index is 0.00151. The molecule has 0 saturated carbocycles. The smallest absolute Gasteiger partial charge is 0.416 e. The number of aromatic nitrogens is 1. The summed E-state index contributed by atoms with van der Waals surface area (Å²) in [6, 6.07) is 13.7. The van der Waals surface area contributed by atoms with Gasteiger partial charge in [-0.2, -0.15) is 13.2 Å². The van der Waals surface area contributed by atoms with Gasteiger partial charge in [-0.15, -0.1) is 0 Å². The Labute approximate surface area is 164 Å². The molecular weight excluding hydrogens is 385 g/mol. The number of nitrogens with one attached hydrogen (secondary N) is 1. The fourth-order valence-electron chi connectivity index (χ4n) is 2.82. The Morgan fingerprint density at radius 2 is 1.72 bits per heavy atom. The molecule has 0 unspecified atom stereocenters. The molecule has 1 heterocycles. The van der Waals surface area contributed by atoms with E-state index >= 15 is 0 Å². The quantitative estimate of drug-likeness (QED) is 0.660. The lowest BCUT2D eigenvalue weighted by atomic mass is 10.1. The van der Waals surface area contributed by atoms with Crippen molar-refractivity contribution >= 4 is 22.8 Å². The molecule has 1 amide bonds. The average Bonchev–Trinajstić information content (AvgIpc) is 2.72. The first-order valence-corrected chi connectivity index (χ1v) is 8.68. The van der Waals surface area contributed by atoms with Crippen molar-refractivity contribution in [3.05, 3.63) is 77.5 Å². The molecule has 0 radical (unpaired) electrons. The molecule has 8 heteroatoms. The number of para-hydroxylation sites is 1. The van der Waals surface area contributed by atoms with E-state index in [-0.39, 0.29) is 12.0 Å². The van der Waals surface area contributed by atoms with Crippen LogP contribution in [0.4, 0.5) is 13.2 Å². The van der Waals surface area contributed by atoms with E-state index in [1.54, 1.807) is 6.07 Å². The van der Waals surface area contributed by atoms with Crippen molar-refractivity contribution in [2.24, 2.45) is 0 Å². The predicted molar refractivity (Wildman–Crippen MR) is 100 cm³/mol. The number of nitrogens with zero attached hydrogens (tertiary/aromatic N) is 1. The lowest BCUT2D eigenvalue weighted by molar-refractivity contribution is -0.143. The lowest BCUT2D eigenvalue weighted by Crippen LogP contribution is -2.43. The second-order valence-electron chi connectivity index (χ2n) is 6.32. The number of fused-ring (bicyclic) bond motifs is 1. The number of halogens is 3. The van der Waals surface area contributed by atoms with Crippen LogP contribution in [0.15, 0.2) is 60.7 Å². The number of esters is 1. The fraction of sp³-hybridized carbons (Fsp3) is 0.190. The van der Waals surface area contributed by atoms with Crippen molar-refractivity contribution in [2.75, 3.05) is 7.11 Å². The van der Waals surface area contributed by atoms with Gasteiger partial charge in [0.15, 0.2) is 0 Å². The van der Waals surface area contributed by atoms with Crippen molar-refractivity contribution in [1.29, 1.82) is 0 Å². The zero-order valence-corrected chi connectivity index (χ0v) is 15.4. The number of rotatable bonds is 5. The Balaban J connectivity index is 1.77. The first-order chi connectivity index (χ1) is 13.8. The van der Waals surface area contributed by atoms with Crippen LogP contribution in [0.2, 0.25) is 0 Å². The number of methoxy groups -OCH3 is 1. The fourth-order valence-corrected chi connectivity index (χ4v) is 2.82. The monoisotopic (exact) mass is 402 g/mol. The highest BCUT2D eigenvalue weighted by Gasteiger charge is 2.30. The third-order valence-electron chi connectivity index (χ3n) is 4.33. The van der Waals surface area contributed by atoms with Crippen LogP contribution < -0.4 is 5.32 Å². The number of carbonyl (C=O) groups excluding carboxylic acids is 2. The van der Waals surface area contributed by atoms with Crippen LogP contribution in [0.25, 0.3) is 10.9 Å². The summed E-state index contributed by atoms with van der Waals surface area (Å²) in [4.78, 5) is 29.0. The van der Waals surface area contributed by atoms with E-state index in [9.17, 15) is 22.8 Å². The van der Waals surface area contributed by atoms with Gasteiger partial charge >= 0.3 is 12.1 Å². The maximum absolute atomic E-state index is 12.7. The summed E-state index contributed by atoms with van der Waals surface area (Å²) in [7, 11) is 1.19. The van der Waals surface area contributed by atoms with Crippen molar-refractivity contribution < 1.29 is 27.5 Å². The van der Waals surface area contributed by atoms with Gasteiger partial charge in [-0.3, -0.25) is 9.78 Å². The molecule has 0 spiro atoms. The Morgan fingerprint density at radius 1 is 1.03 bits per heavy atom. The van der Waals surface area contributed by atoms with Crippen molar-refractivity contribution in [1.82, 2.24) is 10.3 Å². The van der Waals surface area contributed by atoms with Gasteiger partial charge in [-0.25, -0.2) is 4.79 Å². The number of carbonyl (C=O) groups is 2. The minimum Gasteiger partial charge on any atom is -0.467 e. The summed E-state index contributed by atoms with van der Waals surface area (Å²) in [6.07, 6.45) is -4.42. The van der Waals surface area contributed by atoms with E-state index in [0.717, 1.165) is 35.2 Å². The van der Waals surface area contributed by atoms with Crippen LogP contribution in [0, 0.1) is 0 Å². The van der Waals surface area contributed by atoms with Crippen molar-refractivity contribution in [3.8, 4) is 0 Å². The molecule has 0 bridgehead atoms. The third-order valence-corrected chi connectivity index (χ3v) is 4.33. The van der Waals surface area contributed by atoms with Gasteiger partial charge in [-0.05, 0) is 36.4 Å². The largest absolute Gasteiger partial charge is 0.467 e. The van der Waals surface area contributed by atoms with E-state index < -0.39 is 29.7 Å². The van der Waals surface area contributed by atoms with Crippen LogP contribution in [0.3, 0.4) is 0 Å². The van der Waals surface area contributed by atoms with E-state index in [2.05, 4.69) is 10.3 Å².